The van der Waals surface area contributed by atoms with Gasteiger partial charge in [-0.1, -0.05) is 12.1 Å². The normalized spacial score (nSPS) is 24.6. The number of ether oxygens (including phenoxy) is 2. The predicted molar refractivity (Wildman–Crippen MR) is 61.5 cm³/mol. The molecule has 1 aliphatic rings. The maximum absolute atomic E-state index is 9.23. The Kier molecular flexibility index (Phi) is 3.80. The van der Waals surface area contributed by atoms with Gasteiger partial charge in [0.15, 0.2) is 0 Å². The van der Waals surface area contributed by atoms with Gasteiger partial charge in [0, 0.05) is 19.1 Å². The summed E-state index contributed by atoms with van der Waals surface area (Å²) >= 11 is 0. The molecule has 1 N–H and O–H groups in total. The molecule has 0 saturated carbocycles. The Hall–Kier alpha value is -1.06. The summed E-state index contributed by atoms with van der Waals surface area (Å²) in [6, 6.07) is 7.94. The zero-order chi connectivity index (χ0) is 11.4. The first kappa shape index (κ1) is 11.4. The molecule has 0 radical (unpaired) electrons. The van der Waals surface area contributed by atoms with Gasteiger partial charge in [-0.2, -0.15) is 0 Å². The Balaban J connectivity index is 2.08. The van der Waals surface area contributed by atoms with Crippen LogP contribution in [0.5, 0.6) is 5.75 Å². The zero-order valence-electron chi connectivity index (χ0n) is 9.56. The quantitative estimate of drug-likeness (QED) is 0.848. The average Bonchev–Trinajstić information content (AvgIpc) is 2.78. The van der Waals surface area contributed by atoms with E-state index < -0.39 is 0 Å². The molecule has 1 fully saturated rings. The SMILES string of the molecule is CCOc1ccc(C2OCCC2CO)cc1. The summed E-state index contributed by atoms with van der Waals surface area (Å²) in [6.45, 7) is 3.58. The summed E-state index contributed by atoms with van der Waals surface area (Å²) in [5.74, 6) is 1.11. The van der Waals surface area contributed by atoms with Crippen LogP contribution in [0.4, 0.5) is 0 Å². The van der Waals surface area contributed by atoms with E-state index in [4.69, 9.17) is 9.47 Å². The van der Waals surface area contributed by atoms with E-state index in [1.165, 1.54) is 0 Å². The summed E-state index contributed by atoms with van der Waals surface area (Å²) in [4.78, 5) is 0. The molecule has 1 aliphatic heterocycles. The molecule has 1 saturated heterocycles. The second kappa shape index (κ2) is 5.32. The van der Waals surface area contributed by atoms with E-state index >= 15 is 0 Å². The van der Waals surface area contributed by atoms with E-state index in [1.807, 2.05) is 31.2 Å². The van der Waals surface area contributed by atoms with Crippen molar-refractivity contribution in [2.75, 3.05) is 19.8 Å². The third-order valence-electron chi connectivity index (χ3n) is 2.97. The van der Waals surface area contributed by atoms with E-state index in [2.05, 4.69) is 0 Å². The number of aliphatic hydroxyl groups excluding tert-OH is 1. The minimum Gasteiger partial charge on any atom is -0.494 e. The molecule has 1 aromatic rings. The lowest BCUT2D eigenvalue weighted by Crippen LogP contribution is -2.11. The molecule has 16 heavy (non-hydrogen) atoms. The van der Waals surface area contributed by atoms with E-state index in [-0.39, 0.29) is 18.6 Å². The molecule has 1 aromatic carbocycles. The highest BCUT2D eigenvalue weighted by Crippen LogP contribution is 2.34. The Morgan fingerprint density at radius 3 is 2.75 bits per heavy atom. The maximum Gasteiger partial charge on any atom is 0.119 e. The molecule has 3 nitrogen and oxygen atoms in total. The monoisotopic (exact) mass is 222 g/mol. The number of hydrogen-bond donors (Lipinski definition) is 1. The summed E-state index contributed by atoms with van der Waals surface area (Å²) in [6.07, 6.45) is 0.981. The fraction of sp³-hybridized carbons (Fsp3) is 0.538. The summed E-state index contributed by atoms with van der Waals surface area (Å²) in [5.41, 5.74) is 1.13. The van der Waals surface area contributed by atoms with E-state index in [1.54, 1.807) is 0 Å². The molecule has 88 valence electrons. The highest BCUT2D eigenvalue weighted by molar-refractivity contribution is 5.29. The maximum atomic E-state index is 9.23. The molecular formula is C13H18O3. The Bertz CT molecular complexity index is 320. The molecule has 0 amide bonds. The topological polar surface area (TPSA) is 38.7 Å². The zero-order valence-corrected chi connectivity index (χ0v) is 9.56. The molecule has 0 spiro atoms. The fourth-order valence-corrected chi connectivity index (χ4v) is 2.11. The van der Waals surface area contributed by atoms with Gasteiger partial charge in [0.1, 0.15) is 5.75 Å². The van der Waals surface area contributed by atoms with Crippen LogP contribution in [0, 0.1) is 5.92 Å². The van der Waals surface area contributed by atoms with Crippen molar-refractivity contribution in [2.45, 2.75) is 19.4 Å². The van der Waals surface area contributed by atoms with Gasteiger partial charge in [0.25, 0.3) is 0 Å². The standard InChI is InChI=1S/C13H18O3/c1-2-15-12-5-3-10(4-6-12)13-11(9-14)7-8-16-13/h3-6,11,13-14H,2,7-9H2,1H3. The summed E-state index contributed by atoms with van der Waals surface area (Å²) < 4.78 is 11.0. The van der Waals surface area contributed by atoms with E-state index in [0.29, 0.717) is 6.61 Å². The third-order valence-corrected chi connectivity index (χ3v) is 2.97. The highest BCUT2D eigenvalue weighted by atomic mass is 16.5. The Morgan fingerprint density at radius 1 is 1.38 bits per heavy atom. The molecule has 1 heterocycles. The Labute approximate surface area is 96.0 Å². The second-order valence-corrected chi connectivity index (χ2v) is 4.02. The first-order valence-corrected chi connectivity index (χ1v) is 5.80. The van der Waals surface area contributed by atoms with Crippen molar-refractivity contribution in [1.82, 2.24) is 0 Å². The number of hydrogen-bond acceptors (Lipinski definition) is 3. The van der Waals surface area contributed by atoms with Gasteiger partial charge in [-0.25, -0.2) is 0 Å². The van der Waals surface area contributed by atoms with Crippen molar-refractivity contribution in [3.05, 3.63) is 29.8 Å². The minimum absolute atomic E-state index is 0.0423. The van der Waals surface area contributed by atoms with Crippen LogP contribution in [0.15, 0.2) is 24.3 Å². The lowest BCUT2D eigenvalue weighted by Gasteiger charge is -2.17. The molecular weight excluding hydrogens is 204 g/mol. The highest BCUT2D eigenvalue weighted by Gasteiger charge is 2.28. The molecule has 0 aliphatic carbocycles. The fourth-order valence-electron chi connectivity index (χ4n) is 2.11. The van der Waals surface area contributed by atoms with Crippen LogP contribution in [0.3, 0.4) is 0 Å². The van der Waals surface area contributed by atoms with Crippen LogP contribution >= 0.6 is 0 Å². The summed E-state index contributed by atoms with van der Waals surface area (Å²) in [5, 5.41) is 9.23. The van der Waals surface area contributed by atoms with Crippen molar-refractivity contribution in [2.24, 2.45) is 5.92 Å². The average molecular weight is 222 g/mol. The van der Waals surface area contributed by atoms with Gasteiger partial charge < -0.3 is 14.6 Å². The predicted octanol–water partition coefficient (Wildman–Crippen LogP) is 2.16. The van der Waals surface area contributed by atoms with Gasteiger partial charge in [-0.3, -0.25) is 0 Å². The van der Waals surface area contributed by atoms with Crippen molar-refractivity contribution in [1.29, 1.82) is 0 Å². The third kappa shape index (κ3) is 2.36. The van der Waals surface area contributed by atoms with Crippen molar-refractivity contribution in [3.63, 3.8) is 0 Å². The van der Waals surface area contributed by atoms with Gasteiger partial charge in [-0.05, 0) is 31.0 Å². The molecule has 0 bridgehead atoms. The van der Waals surface area contributed by atoms with Crippen LogP contribution in [0.25, 0.3) is 0 Å². The molecule has 2 atom stereocenters. The van der Waals surface area contributed by atoms with Crippen molar-refractivity contribution >= 4 is 0 Å². The van der Waals surface area contributed by atoms with Gasteiger partial charge in [-0.15, -0.1) is 0 Å². The molecule has 2 unspecified atom stereocenters. The molecule has 2 rings (SSSR count). The van der Waals surface area contributed by atoms with E-state index in [0.717, 1.165) is 24.3 Å². The molecule has 0 aromatic heterocycles. The second-order valence-electron chi connectivity index (χ2n) is 4.02. The largest absolute Gasteiger partial charge is 0.494 e. The number of rotatable bonds is 4. The van der Waals surface area contributed by atoms with E-state index in [9.17, 15) is 5.11 Å². The first-order chi connectivity index (χ1) is 7.85. The molecule has 3 heteroatoms. The lowest BCUT2D eigenvalue weighted by atomic mass is 9.96. The van der Waals surface area contributed by atoms with Crippen LogP contribution in [0.1, 0.15) is 25.0 Å². The van der Waals surface area contributed by atoms with Crippen molar-refractivity contribution < 1.29 is 14.6 Å². The van der Waals surface area contributed by atoms with Gasteiger partial charge >= 0.3 is 0 Å². The van der Waals surface area contributed by atoms with Gasteiger partial charge in [0.2, 0.25) is 0 Å². The minimum atomic E-state index is 0.0423. The van der Waals surface area contributed by atoms with Crippen LogP contribution < -0.4 is 4.74 Å². The lowest BCUT2D eigenvalue weighted by molar-refractivity contribution is 0.0720. The number of benzene rings is 1. The van der Waals surface area contributed by atoms with Crippen LogP contribution in [-0.2, 0) is 4.74 Å². The van der Waals surface area contributed by atoms with Gasteiger partial charge in [0.05, 0.1) is 12.7 Å². The van der Waals surface area contributed by atoms with Crippen LogP contribution in [-0.4, -0.2) is 24.9 Å². The van der Waals surface area contributed by atoms with Crippen molar-refractivity contribution in [3.8, 4) is 5.75 Å². The summed E-state index contributed by atoms with van der Waals surface area (Å²) in [7, 11) is 0. The van der Waals surface area contributed by atoms with Crippen LogP contribution in [0.2, 0.25) is 0 Å². The smallest absolute Gasteiger partial charge is 0.119 e. The number of aliphatic hydroxyl groups is 1. The Morgan fingerprint density at radius 2 is 2.12 bits per heavy atom. The first-order valence-electron chi connectivity index (χ1n) is 5.80.